The Morgan fingerprint density at radius 3 is 1.36 bits per heavy atom. The first kappa shape index (κ1) is 64.7. The van der Waals surface area contributed by atoms with Crippen LogP contribution in [-0.2, 0) is 61.0 Å². The molecule has 2 rings (SSSR count). The number of esters is 2. The van der Waals surface area contributed by atoms with E-state index in [1.165, 1.54) is 13.8 Å². The molecule has 0 radical (unpaired) electrons. The van der Waals surface area contributed by atoms with E-state index in [1.807, 2.05) is 13.8 Å². The predicted octanol–water partition coefficient (Wildman–Crippen LogP) is 4.24. The van der Waals surface area contributed by atoms with Crippen LogP contribution in [0.4, 0.5) is 21.0 Å². The third kappa shape index (κ3) is 31.5. The predicted molar refractivity (Wildman–Crippen MR) is 266 cm³/mol. The fraction of sp³-hybridized carbons (Fsp3) is 0.522. The molecule has 0 aliphatic rings. The maximum atomic E-state index is 13.0. The van der Waals surface area contributed by atoms with Crippen molar-refractivity contribution in [3.05, 3.63) is 80.5 Å². The van der Waals surface area contributed by atoms with Gasteiger partial charge in [0.1, 0.15) is 26.3 Å². The van der Waals surface area contributed by atoms with Crippen molar-refractivity contribution in [1.29, 1.82) is 0 Å². The van der Waals surface area contributed by atoms with Gasteiger partial charge in [-0.1, -0.05) is 62.2 Å². The summed E-state index contributed by atoms with van der Waals surface area (Å²) in [6, 6.07) is 10.7. The van der Waals surface area contributed by atoms with Gasteiger partial charge in [-0.05, 0) is 84.0 Å². The van der Waals surface area contributed by atoms with Crippen molar-refractivity contribution >= 4 is 70.6 Å². The van der Waals surface area contributed by atoms with Crippen LogP contribution in [0.15, 0.2) is 58.8 Å². The number of hydrogen-bond donors (Lipinski definition) is 9. The molecule has 0 aliphatic heterocycles. The van der Waals surface area contributed by atoms with Crippen LogP contribution in [0.5, 0.6) is 0 Å². The highest BCUT2D eigenvalue weighted by Crippen LogP contribution is 2.21. The lowest BCUT2D eigenvalue weighted by Gasteiger charge is -2.24. The van der Waals surface area contributed by atoms with Crippen molar-refractivity contribution < 1.29 is 62.5 Å². The summed E-state index contributed by atoms with van der Waals surface area (Å²) in [6.45, 7) is 9.74. The first-order valence-electron chi connectivity index (χ1n) is 22.9. The van der Waals surface area contributed by atoms with Gasteiger partial charge in [0, 0.05) is 72.8 Å². The maximum absolute atomic E-state index is 13.0. The number of primary amides is 2. The van der Waals surface area contributed by atoms with Crippen LogP contribution in [0, 0.1) is 23.7 Å². The smallest absolute Gasteiger partial charge is 0.312 e. The summed E-state index contributed by atoms with van der Waals surface area (Å²) in [5, 5.41) is 26.8. The van der Waals surface area contributed by atoms with Crippen LogP contribution >= 0.6 is 0 Å². The van der Waals surface area contributed by atoms with Gasteiger partial charge in [-0.25, -0.2) is 9.59 Å². The zero-order valence-corrected chi connectivity index (χ0v) is 41.8. The molecule has 27 heteroatoms. The number of nitrogens with one attached hydrogen (secondary N) is 5. The molecule has 4 atom stereocenters. The Kier molecular flexibility index (Phi) is 32.5. The Labute approximate surface area is 422 Å². The molecular formula is C46H68N14O13. The Balaban J connectivity index is 0.00000127. The number of azide groups is 2. The lowest BCUT2D eigenvalue weighted by Crippen LogP contribution is -2.46. The van der Waals surface area contributed by atoms with E-state index in [0.29, 0.717) is 37.2 Å². The molecule has 0 saturated heterocycles. The minimum Gasteiger partial charge on any atom is -0.481 e. The average Bonchev–Trinajstić information content (AvgIpc) is 3.32. The molecule has 0 fully saturated rings. The molecule has 400 valence electrons. The maximum Gasteiger partial charge on any atom is 0.312 e. The number of rotatable bonds is 29. The monoisotopic (exact) mass is 1020 g/mol. The summed E-state index contributed by atoms with van der Waals surface area (Å²) in [5.74, 6) is -5.34. The second-order valence-corrected chi connectivity index (χ2v) is 16.8. The van der Waals surface area contributed by atoms with Crippen LogP contribution < -0.4 is 43.8 Å². The molecule has 2 aromatic rings. The second-order valence-electron chi connectivity index (χ2n) is 16.8. The number of carboxylic acid groups (broad SMARTS) is 1. The van der Waals surface area contributed by atoms with Gasteiger partial charge in [0.2, 0.25) is 17.7 Å². The van der Waals surface area contributed by atoms with E-state index in [9.17, 15) is 47.9 Å². The average molecular weight is 1030 g/mol. The lowest BCUT2D eigenvalue weighted by molar-refractivity contribution is -0.143. The van der Waals surface area contributed by atoms with E-state index in [0.717, 1.165) is 11.1 Å². The van der Waals surface area contributed by atoms with Gasteiger partial charge >= 0.3 is 30.0 Å². The van der Waals surface area contributed by atoms with Gasteiger partial charge in [-0.2, -0.15) is 0 Å². The van der Waals surface area contributed by atoms with E-state index in [1.54, 1.807) is 62.4 Å². The van der Waals surface area contributed by atoms with Crippen LogP contribution in [0.2, 0.25) is 0 Å². The first-order chi connectivity index (χ1) is 34.4. The van der Waals surface area contributed by atoms with Gasteiger partial charge in [-0.15, -0.1) is 0 Å². The van der Waals surface area contributed by atoms with Crippen LogP contribution in [0.3, 0.4) is 0 Å². The van der Waals surface area contributed by atoms with Crippen molar-refractivity contribution in [3.63, 3.8) is 0 Å². The molecule has 0 heterocycles. The topological polar surface area (TPSA) is 445 Å². The largest absolute Gasteiger partial charge is 0.481 e. The van der Waals surface area contributed by atoms with E-state index in [-0.39, 0.29) is 74.3 Å². The number of carbonyl (C=O) groups excluding carboxylic acids is 9. The lowest BCUT2D eigenvalue weighted by atomic mass is 9.89. The Bertz CT molecular complexity index is 2250. The zero-order valence-electron chi connectivity index (χ0n) is 41.8. The number of nitrogens with two attached hydrogens (primary N) is 3. The molecule has 2 aromatic carbocycles. The number of carbonyl (C=O) groups is 10. The summed E-state index contributed by atoms with van der Waals surface area (Å²) in [4.78, 5) is 121. The number of aliphatic carboxylic acids is 1. The standard InChI is InChI=1S/C23H33N7O6.C21H32N4O5.C2H3N3O2/c1-14(2)21(29-20(33)12-27-30-25)19(32)11-17(5-4-10-26-23(24)35)22(34)28-18-8-6-16(7-9-18)13-36-15(3)31;1-13(2)19(22)18(27)11-16(5-4-10-24-21(23)29)20(28)25-17-8-6-15(7-9-17)12-30-14(3)26;3-5-4-1-2(6)7/h6-9,14,17,21H,4-5,10-13H2,1-3H3,(H,28,34)(H,29,33)(H3,24,26,35);6-9,13,16,19H,4-5,10-12,22H2,1-3H3,(H,25,28)(H3,23,24,29);1H2,(H,6,7)/t17-,21+;16-,19+;/m11./s1. The number of benzene rings is 2. The molecule has 7 amide bonds. The van der Waals surface area contributed by atoms with Crippen molar-refractivity contribution in [3.8, 4) is 0 Å². The van der Waals surface area contributed by atoms with Crippen LogP contribution in [0.25, 0.3) is 20.9 Å². The zero-order chi connectivity index (χ0) is 55.5. The molecule has 0 unspecified atom stereocenters. The third-order valence-electron chi connectivity index (χ3n) is 9.99. The van der Waals surface area contributed by atoms with Gasteiger partial charge in [0.25, 0.3) is 0 Å². The molecule has 0 aliphatic carbocycles. The number of Topliss-reactive ketones (excluding diaryl/α,β-unsaturated/α-hetero) is 2. The third-order valence-corrected chi connectivity index (χ3v) is 9.99. The van der Waals surface area contributed by atoms with Crippen molar-refractivity contribution in [2.24, 2.45) is 51.1 Å². The summed E-state index contributed by atoms with van der Waals surface area (Å²) in [7, 11) is 0. The summed E-state index contributed by atoms with van der Waals surface area (Å²) in [6.07, 6.45) is 1.43. The van der Waals surface area contributed by atoms with Crippen LogP contribution in [0.1, 0.15) is 91.2 Å². The highest BCUT2D eigenvalue weighted by Gasteiger charge is 2.30. The minimum absolute atomic E-state index is 0.0201. The second kappa shape index (κ2) is 36.6. The molecule has 0 bridgehead atoms. The number of nitrogens with zero attached hydrogens (tertiary/aromatic N) is 6. The Morgan fingerprint density at radius 1 is 0.630 bits per heavy atom. The molecule has 73 heavy (non-hydrogen) atoms. The van der Waals surface area contributed by atoms with Gasteiger partial charge < -0.3 is 58.4 Å². The highest BCUT2D eigenvalue weighted by atomic mass is 16.5. The number of carboxylic acids is 1. The molecule has 0 aromatic heterocycles. The summed E-state index contributed by atoms with van der Waals surface area (Å²) in [5.41, 5.74) is 34.5. The minimum atomic E-state index is -1.11. The highest BCUT2D eigenvalue weighted by molar-refractivity contribution is 5.98. The van der Waals surface area contributed by atoms with E-state index in [2.05, 4.69) is 46.6 Å². The SMILES string of the molecule is CC(=O)OCc1ccc(NC(=O)[C@H](CCCNC(N)=O)CC(=O)[C@@H](N)C(C)C)cc1.CC(=O)OCc1ccc(NC(=O)[C@H](CCCNC(N)=O)CC(=O)[C@@H](NC(=O)CN=[N+]=[N-])C(C)C)cc1.[N-]=[N+]=NCC(=O)O. The molecule has 27 nitrogen and oxygen atoms in total. The fourth-order valence-electron chi connectivity index (χ4n) is 6.15. The van der Waals surface area contributed by atoms with Crippen LogP contribution in [-0.4, -0.2) is 103 Å². The van der Waals surface area contributed by atoms with E-state index in [4.69, 9.17) is 42.8 Å². The summed E-state index contributed by atoms with van der Waals surface area (Å²) < 4.78 is 9.87. The van der Waals surface area contributed by atoms with E-state index >= 15 is 0 Å². The van der Waals surface area contributed by atoms with Gasteiger partial charge in [-0.3, -0.25) is 38.4 Å². The number of ether oxygens (including phenoxy) is 2. The fourth-order valence-corrected chi connectivity index (χ4v) is 6.15. The Morgan fingerprint density at radius 2 is 1.03 bits per heavy atom. The van der Waals surface area contributed by atoms with E-state index < -0.39 is 72.8 Å². The number of amides is 7. The van der Waals surface area contributed by atoms with Gasteiger partial charge in [0.05, 0.1) is 12.1 Å². The van der Waals surface area contributed by atoms with Crippen molar-refractivity contribution in [2.75, 3.05) is 36.8 Å². The quantitative estimate of drug-likeness (QED) is 0.0181. The van der Waals surface area contributed by atoms with Crippen molar-refractivity contribution in [1.82, 2.24) is 16.0 Å². The summed E-state index contributed by atoms with van der Waals surface area (Å²) >= 11 is 0. The van der Waals surface area contributed by atoms with Crippen molar-refractivity contribution in [2.45, 2.75) is 105 Å². The molecule has 0 spiro atoms. The Hall–Kier alpha value is -8.28. The normalized spacial score (nSPS) is 11.8. The molecule has 12 N–H and O–H groups in total. The van der Waals surface area contributed by atoms with Gasteiger partial charge in [0.15, 0.2) is 11.6 Å². The number of hydrogen-bond acceptors (Lipinski definition) is 15. The molecule has 0 saturated carbocycles. The molecular weight excluding hydrogens is 957 g/mol. The first-order valence-corrected chi connectivity index (χ1v) is 22.9. The number of urea groups is 2. The number of ketones is 2. The number of anilines is 2.